The van der Waals surface area contributed by atoms with Crippen LogP contribution in [0.5, 0.6) is 0 Å². The Kier molecular flexibility index (Phi) is 44.1. The SMILES string of the molecule is CCCCCCCCCCCCOCCC(C)OCCOCCOCCOCCOCCOCCOCCOCCOCCOCCO. The van der Waals surface area contributed by atoms with Crippen molar-refractivity contribution in [2.45, 2.75) is 90.6 Å². The van der Waals surface area contributed by atoms with Crippen molar-refractivity contribution in [1.82, 2.24) is 0 Å². The lowest BCUT2D eigenvalue weighted by molar-refractivity contribution is -0.0308. The molecule has 0 aromatic carbocycles. The Morgan fingerprint density at radius 1 is 0.333 bits per heavy atom. The Morgan fingerprint density at radius 3 is 0.979 bits per heavy atom. The first-order chi connectivity index (χ1) is 23.8. The van der Waals surface area contributed by atoms with E-state index >= 15 is 0 Å². The molecule has 1 unspecified atom stereocenters. The van der Waals surface area contributed by atoms with Gasteiger partial charge in [-0.3, -0.25) is 0 Å². The molecule has 1 atom stereocenters. The third kappa shape index (κ3) is 43.5. The van der Waals surface area contributed by atoms with Crippen molar-refractivity contribution in [2.24, 2.45) is 0 Å². The third-order valence-corrected chi connectivity index (χ3v) is 7.15. The zero-order valence-electron chi connectivity index (χ0n) is 30.8. The van der Waals surface area contributed by atoms with Crippen LogP contribution in [0.4, 0.5) is 0 Å². The second-order valence-electron chi connectivity index (χ2n) is 11.5. The molecule has 0 aliphatic rings. The molecule has 0 heterocycles. The Balaban J connectivity index is 3.12. The number of rotatable bonds is 44. The Hall–Kier alpha value is -0.480. The average molecular weight is 699 g/mol. The second kappa shape index (κ2) is 44.5. The van der Waals surface area contributed by atoms with E-state index < -0.39 is 0 Å². The Morgan fingerprint density at radius 2 is 0.625 bits per heavy atom. The molecule has 0 aromatic heterocycles. The highest BCUT2D eigenvalue weighted by atomic mass is 16.6. The summed E-state index contributed by atoms with van der Waals surface area (Å²) in [5.74, 6) is 0. The van der Waals surface area contributed by atoms with Crippen molar-refractivity contribution < 1.29 is 57.2 Å². The second-order valence-corrected chi connectivity index (χ2v) is 11.5. The highest BCUT2D eigenvalue weighted by Gasteiger charge is 2.03. The summed E-state index contributed by atoms with van der Waals surface area (Å²) in [7, 11) is 0. The van der Waals surface area contributed by atoms with Crippen LogP contribution in [0.1, 0.15) is 84.5 Å². The van der Waals surface area contributed by atoms with Gasteiger partial charge in [0, 0.05) is 13.2 Å². The molecule has 0 amide bonds. The number of aliphatic hydroxyl groups excluding tert-OH is 1. The first-order valence-corrected chi connectivity index (χ1v) is 18.8. The zero-order valence-corrected chi connectivity index (χ0v) is 30.8. The summed E-state index contributed by atoms with van der Waals surface area (Å²) in [5.41, 5.74) is 0. The average Bonchev–Trinajstić information content (AvgIpc) is 3.09. The minimum atomic E-state index is 0.0283. The normalized spacial score (nSPS) is 12.3. The fourth-order valence-electron chi connectivity index (χ4n) is 4.36. The van der Waals surface area contributed by atoms with E-state index in [4.69, 9.17) is 57.2 Å². The van der Waals surface area contributed by atoms with Crippen molar-refractivity contribution in [3.05, 3.63) is 0 Å². The minimum absolute atomic E-state index is 0.0283. The predicted molar refractivity (Wildman–Crippen MR) is 187 cm³/mol. The maximum atomic E-state index is 8.59. The van der Waals surface area contributed by atoms with Crippen LogP contribution in [0.3, 0.4) is 0 Å². The Bertz CT molecular complexity index is 561. The maximum Gasteiger partial charge on any atom is 0.0704 e. The minimum Gasteiger partial charge on any atom is -0.394 e. The number of aliphatic hydroxyl groups is 1. The lowest BCUT2D eigenvalue weighted by Gasteiger charge is -2.13. The van der Waals surface area contributed by atoms with Gasteiger partial charge < -0.3 is 57.2 Å². The highest BCUT2D eigenvalue weighted by molar-refractivity contribution is 4.51. The van der Waals surface area contributed by atoms with Crippen LogP contribution in [0, 0.1) is 0 Å². The molecule has 0 bridgehead atoms. The molecular formula is C36H74O12. The van der Waals surface area contributed by atoms with Gasteiger partial charge in [0.1, 0.15) is 0 Å². The van der Waals surface area contributed by atoms with Gasteiger partial charge in [-0.15, -0.1) is 0 Å². The predicted octanol–water partition coefficient (Wildman–Crippen LogP) is 4.86. The standard InChI is InChI=1S/C36H74O12/c1-3-4-5-6-7-8-9-10-11-12-15-38-16-13-36(2)48-35-34-47-33-32-46-31-30-45-29-28-44-27-26-43-25-24-42-23-22-41-21-20-40-19-18-39-17-14-37/h36-37H,3-35H2,1-2H3. The molecule has 48 heavy (non-hydrogen) atoms. The molecule has 0 rings (SSSR count). The monoisotopic (exact) mass is 699 g/mol. The summed E-state index contributed by atoms with van der Waals surface area (Å²) in [6.07, 6.45) is 14.6. The van der Waals surface area contributed by atoms with Gasteiger partial charge in [-0.1, -0.05) is 64.7 Å². The molecule has 0 fully saturated rings. The molecule has 1 N–H and O–H groups in total. The fraction of sp³-hybridized carbons (Fsp3) is 1.00. The number of ether oxygens (including phenoxy) is 11. The topological polar surface area (TPSA) is 122 Å². The van der Waals surface area contributed by atoms with Crippen molar-refractivity contribution in [3.63, 3.8) is 0 Å². The first kappa shape index (κ1) is 47.5. The van der Waals surface area contributed by atoms with Crippen LogP contribution < -0.4 is 0 Å². The van der Waals surface area contributed by atoms with Crippen LogP contribution in [0.2, 0.25) is 0 Å². The molecular weight excluding hydrogens is 624 g/mol. The van der Waals surface area contributed by atoms with E-state index in [0.717, 1.165) is 19.6 Å². The quantitative estimate of drug-likeness (QED) is 0.0875. The molecule has 0 aliphatic carbocycles. The molecule has 0 radical (unpaired) electrons. The van der Waals surface area contributed by atoms with Gasteiger partial charge >= 0.3 is 0 Å². The van der Waals surface area contributed by atoms with E-state index in [2.05, 4.69) is 13.8 Å². The van der Waals surface area contributed by atoms with E-state index in [0.29, 0.717) is 126 Å². The summed E-state index contributed by atoms with van der Waals surface area (Å²) in [6.45, 7) is 15.7. The van der Waals surface area contributed by atoms with Crippen LogP contribution in [0.15, 0.2) is 0 Å². The summed E-state index contributed by atoms with van der Waals surface area (Å²) in [4.78, 5) is 0. The summed E-state index contributed by atoms with van der Waals surface area (Å²) in [5, 5.41) is 8.59. The van der Waals surface area contributed by atoms with Gasteiger partial charge in [0.25, 0.3) is 0 Å². The fourth-order valence-corrected chi connectivity index (χ4v) is 4.36. The molecule has 0 spiro atoms. The zero-order chi connectivity index (χ0) is 34.7. The van der Waals surface area contributed by atoms with Crippen molar-refractivity contribution in [2.75, 3.05) is 145 Å². The van der Waals surface area contributed by atoms with E-state index in [-0.39, 0.29) is 12.7 Å². The van der Waals surface area contributed by atoms with E-state index in [9.17, 15) is 0 Å². The molecule has 12 nitrogen and oxygen atoms in total. The van der Waals surface area contributed by atoms with Gasteiger partial charge in [0.2, 0.25) is 0 Å². The van der Waals surface area contributed by atoms with Crippen LogP contribution in [-0.4, -0.2) is 157 Å². The van der Waals surface area contributed by atoms with Gasteiger partial charge in [-0.05, 0) is 19.8 Å². The van der Waals surface area contributed by atoms with Crippen molar-refractivity contribution in [1.29, 1.82) is 0 Å². The summed E-state index contributed by atoms with van der Waals surface area (Å²) < 4.78 is 60.5. The van der Waals surface area contributed by atoms with Crippen LogP contribution >= 0.6 is 0 Å². The van der Waals surface area contributed by atoms with E-state index in [1.807, 2.05) is 0 Å². The lowest BCUT2D eigenvalue weighted by atomic mass is 10.1. The van der Waals surface area contributed by atoms with E-state index in [1.165, 1.54) is 64.2 Å². The Labute approximate surface area is 293 Å². The van der Waals surface area contributed by atoms with Crippen LogP contribution in [0.25, 0.3) is 0 Å². The molecule has 0 aliphatic heterocycles. The molecule has 0 saturated carbocycles. The van der Waals surface area contributed by atoms with Gasteiger partial charge in [0.05, 0.1) is 138 Å². The van der Waals surface area contributed by atoms with Crippen molar-refractivity contribution >= 4 is 0 Å². The van der Waals surface area contributed by atoms with Crippen molar-refractivity contribution in [3.8, 4) is 0 Å². The van der Waals surface area contributed by atoms with Gasteiger partial charge in [-0.25, -0.2) is 0 Å². The molecule has 12 heteroatoms. The van der Waals surface area contributed by atoms with E-state index in [1.54, 1.807) is 0 Å². The van der Waals surface area contributed by atoms with Gasteiger partial charge in [0.15, 0.2) is 0 Å². The maximum absolute atomic E-state index is 8.59. The molecule has 290 valence electrons. The highest BCUT2D eigenvalue weighted by Crippen LogP contribution is 2.10. The first-order valence-electron chi connectivity index (χ1n) is 18.8. The van der Waals surface area contributed by atoms with Gasteiger partial charge in [-0.2, -0.15) is 0 Å². The summed E-state index contributed by atoms with van der Waals surface area (Å²) >= 11 is 0. The molecule has 0 aromatic rings. The summed E-state index contributed by atoms with van der Waals surface area (Å²) in [6, 6.07) is 0. The lowest BCUT2D eigenvalue weighted by Crippen LogP contribution is -2.17. The van der Waals surface area contributed by atoms with Crippen LogP contribution in [-0.2, 0) is 52.1 Å². The smallest absolute Gasteiger partial charge is 0.0704 e. The largest absolute Gasteiger partial charge is 0.394 e. The number of hydrogen-bond acceptors (Lipinski definition) is 12. The molecule has 0 saturated heterocycles. The number of hydrogen-bond donors (Lipinski definition) is 1. The third-order valence-electron chi connectivity index (χ3n) is 7.15. The number of unbranched alkanes of at least 4 members (excludes halogenated alkanes) is 9.